The Morgan fingerprint density at radius 3 is 2.80 bits per heavy atom. The van der Waals surface area contributed by atoms with Crippen molar-refractivity contribution in [2.24, 2.45) is 5.92 Å². The SMILES string of the molecule is CN1CC[C@]23c4c5ccc(O)c4O[C@H]2[C@@H](O[C@@H]2O[C@H](c4nc6n(n4)CCC(O)N6)[C@@H](O)[C@H](O)[C@H]2O)C=CC3[C@H]1C5. The van der Waals surface area contributed by atoms with Crippen LogP contribution in [0.2, 0.25) is 0 Å². The van der Waals surface area contributed by atoms with E-state index in [2.05, 4.69) is 33.4 Å². The monoisotopic (exact) mass is 555 g/mol. The summed E-state index contributed by atoms with van der Waals surface area (Å²) in [6.07, 6.45) is -2.86. The van der Waals surface area contributed by atoms with Gasteiger partial charge in [-0.1, -0.05) is 18.2 Å². The van der Waals surface area contributed by atoms with Crippen LogP contribution in [-0.2, 0) is 27.9 Å². The Balaban J connectivity index is 1.12. The predicted octanol–water partition coefficient (Wildman–Crippen LogP) is -0.872. The Morgan fingerprint density at radius 2 is 1.95 bits per heavy atom. The summed E-state index contributed by atoms with van der Waals surface area (Å²) in [4.78, 5) is 6.74. The van der Waals surface area contributed by atoms with Gasteiger partial charge in [-0.15, -0.1) is 0 Å². The van der Waals surface area contributed by atoms with Gasteiger partial charge in [-0.05, 0) is 38.1 Å². The van der Waals surface area contributed by atoms with Crippen molar-refractivity contribution in [2.75, 3.05) is 18.9 Å². The van der Waals surface area contributed by atoms with E-state index in [1.165, 1.54) is 5.56 Å². The summed E-state index contributed by atoms with van der Waals surface area (Å²) >= 11 is 0. The lowest BCUT2D eigenvalue weighted by atomic mass is 9.53. The molecule has 6 N–H and O–H groups in total. The molecule has 2 unspecified atom stereocenters. The average molecular weight is 556 g/mol. The van der Waals surface area contributed by atoms with Crippen LogP contribution in [0.5, 0.6) is 11.5 Å². The molecule has 1 spiro atoms. The van der Waals surface area contributed by atoms with Crippen molar-refractivity contribution in [3.63, 3.8) is 0 Å². The van der Waals surface area contributed by atoms with Crippen LogP contribution in [0.15, 0.2) is 24.3 Å². The molecule has 4 aliphatic heterocycles. The van der Waals surface area contributed by atoms with Crippen molar-refractivity contribution in [1.29, 1.82) is 0 Å². The van der Waals surface area contributed by atoms with E-state index in [-0.39, 0.29) is 23.5 Å². The van der Waals surface area contributed by atoms with Gasteiger partial charge in [0.25, 0.3) is 0 Å². The predicted molar refractivity (Wildman–Crippen MR) is 136 cm³/mol. The zero-order valence-electron chi connectivity index (χ0n) is 21.9. The second-order valence-corrected chi connectivity index (χ2v) is 11.9. The molecule has 1 aromatic heterocycles. The number of aryl methyl sites for hydroxylation is 1. The molecule has 0 amide bonds. The molecular weight excluding hydrogens is 522 g/mol. The number of phenols is 1. The number of rotatable bonds is 3. The number of aromatic nitrogens is 3. The maximum absolute atomic E-state index is 10.9. The van der Waals surface area contributed by atoms with Gasteiger partial charge in [0, 0.05) is 35.9 Å². The van der Waals surface area contributed by atoms with Gasteiger partial charge in [-0.25, -0.2) is 4.68 Å². The van der Waals surface area contributed by atoms with Gasteiger partial charge in [0.2, 0.25) is 5.95 Å². The first-order valence-corrected chi connectivity index (χ1v) is 13.9. The number of piperidine rings is 1. The first-order chi connectivity index (χ1) is 19.3. The highest BCUT2D eigenvalue weighted by Crippen LogP contribution is 2.62. The third-order valence-corrected chi connectivity index (χ3v) is 9.84. The van der Waals surface area contributed by atoms with Gasteiger partial charge in [0.1, 0.15) is 36.7 Å². The minimum atomic E-state index is -1.58. The summed E-state index contributed by atoms with van der Waals surface area (Å²) in [7, 11) is 2.14. The number of aliphatic hydroxyl groups excluding tert-OH is 4. The molecule has 0 radical (unpaired) electrons. The Hall–Kier alpha value is -2.78. The third kappa shape index (κ3) is 3.27. The van der Waals surface area contributed by atoms with Gasteiger partial charge in [0.15, 0.2) is 29.7 Å². The lowest BCUT2D eigenvalue weighted by Gasteiger charge is -2.57. The number of benzene rings is 1. The van der Waals surface area contributed by atoms with Crippen molar-refractivity contribution in [2.45, 2.75) is 86.4 Å². The lowest BCUT2D eigenvalue weighted by molar-refractivity contribution is -0.314. The standard InChI is InChI=1S/C27H33N5O8/c1-31-9-7-27-12-3-5-15(23(27)39-21-14(33)4-2-11(17(21)27)10-13(12)31)38-25-20(37)18(35)19(36)22(40-25)24-29-26-28-16(34)6-8-32(26)30-24/h2-5,12-13,15-16,18-20,22-23,25,33-37H,6-10H2,1H3,(H,28,29,30)/t12?,13-,15+,16?,18+,19+,20-,22+,23+,25-,27+/m1/s1. The van der Waals surface area contributed by atoms with E-state index in [4.69, 9.17) is 14.2 Å². The van der Waals surface area contributed by atoms with Gasteiger partial charge < -0.3 is 50.0 Å². The molecule has 13 heteroatoms. The van der Waals surface area contributed by atoms with Crippen molar-refractivity contribution < 1.29 is 39.7 Å². The number of hydrogen-bond acceptors (Lipinski definition) is 12. The highest BCUT2D eigenvalue weighted by Gasteiger charge is 2.65. The summed E-state index contributed by atoms with van der Waals surface area (Å²) in [6, 6.07) is 3.95. The smallest absolute Gasteiger partial charge is 0.223 e. The van der Waals surface area contributed by atoms with E-state index in [1.54, 1.807) is 10.7 Å². The van der Waals surface area contributed by atoms with Crippen LogP contribution in [0.4, 0.5) is 5.95 Å². The van der Waals surface area contributed by atoms with E-state index < -0.39 is 54.6 Å². The number of ether oxygens (including phenoxy) is 3. The number of hydrogen-bond donors (Lipinski definition) is 6. The second-order valence-electron chi connectivity index (χ2n) is 11.9. The van der Waals surface area contributed by atoms with E-state index in [9.17, 15) is 25.5 Å². The van der Waals surface area contributed by atoms with E-state index in [1.807, 2.05) is 12.1 Å². The fraction of sp³-hybridized carbons (Fsp3) is 0.630. The van der Waals surface area contributed by atoms with Gasteiger partial charge in [-0.3, -0.25) is 0 Å². The number of likely N-dealkylation sites (tertiary alicyclic amines) is 1. The van der Waals surface area contributed by atoms with Gasteiger partial charge in [0.05, 0.1) is 0 Å². The van der Waals surface area contributed by atoms with E-state index in [0.717, 1.165) is 24.9 Å². The zero-order valence-corrected chi connectivity index (χ0v) is 21.9. The first-order valence-electron chi connectivity index (χ1n) is 13.9. The van der Waals surface area contributed by atoms with Crippen molar-refractivity contribution in [3.8, 4) is 11.5 Å². The zero-order chi connectivity index (χ0) is 27.5. The molecule has 40 heavy (non-hydrogen) atoms. The molecule has 2 saturated heterocycles. The van der Waals surface area contributed by atoms with Crippen LogP contribution >= 0.6 is 0 Å². The van der Waals surface area contributed by atoms with Crippen LogP contribution < -0.4 is 10.1 Å². The van der Waals surface area contributed by atoms with Crippen molar-refractivity contribution >= 4 is 5.95 Å². The summed E-state index contributed by atoms with van der Waals surface area (Å²) in [5.74, 6) is 1.18. The molecule has 0 saturated carbocycles. The lowest BCUT2D eigenvalue weighted by Crippen LogP contribution is -2.66. The molecule has 5 heterocycles. The van der Waals surface area contributed by atoms with Crippen LogP contribution in [0, 0.1) is 5.92 Å². The van der Waals surface area contributed by atoms with E-state index >= 15 is 0 Å². The van der Waals surface area contributed by atoms with Crippen LogP contribution in [0.1, 0.15) is 35.9 Å². The number of aromatic hydroxyl groups is 1. The first kappa shape index (κ1) is 25.0. The third-order valence-electron chi connectivity index (χ3n) is 9.84. The minimum absolute atomic E-state index is 0.0958. The molecule has 13 nitrogen and oxygen atoms in total. The van der Waals surface area contributed by atoms with Crippen molar-refractivity contribution in [3.05, 3.63) is 41.2 Å². The second kappa shape index (κ2) is 8.61. The number of phenolic OH excluding ortho intramolecular Hbond substituents is 1. The highest BCUT2D eigenvalue weighted by atomic mass is 16.7. The number of aliphatic hydroxyl groups is 4. The average Bonchev–Trinajstić information content (AvgIpc) is 3.52. The van der Waals surface area contributed by atoms with Crippen LogP contribution in [-0.4, -0.2) is 108 Å². The quantitative estimate of drug-likeness (QED) is 0.259. The normalized spacial score (nSPS) is 43.0. The fourth-order valence-electron chi connectivity index (χ4n) is 7.87. The fourth-order valence-corrected chi connectivity index (χ4v) is 7.87. The van der Waals surface area contributed by atoms with Crippen LogP contribution in [0.25, 0.3) is 0 Å². The molecule has 214 valence electrons. The molecule has 2 bridgehead atoms. The van der Waals surface area contributed by atoms with Crippen LogP contribution in [0.3, 0.4) is 0 Å². The largest absolute Gasteiger partial charge is 0.504 e. The summed E-state index contributed by atoms with van der Waals surface area (Å²) in [6.45, 7) is 1.29. The molecular formula is C27H33N5O8. The number of anilines is 1. The number of likely N-dealkylation sites (N-methyl/N-ethyl adjacent to an activating group) is 1. The Kier molecular flexibility index (Phi) is 5.38. The molecule has 6 aliphatic rings. The Morgan fingerprint density at radius 1 is 1.10 bits per heavy atom. The molecule has 11 atom stereocenters. The van der Waals surface area contributed by atoms with E-state index in [0.29, 0.717) is 24.7 Å². The Bertz CT molecular complexity index is 1380. The summed E-state index contributed by atoms with van der Waals surface area (Å²) in [5.41, 5.74) is 1.80. The minimum Gasteiger partial charge on any atom is -0.504 e. The van der Waals surface area contributed by atoms with Crippen molar-refractivity contribution in [1.82, 2.24) is 19.7 Å². The number of fused-ring (bicyclic) bond motifs is 1. The highest BCUT2D eigenvalue weighted by molar-refractivity contribution is 5.61. The number of nitrogens with one attached hydrogen (secondary N) is 1. The summed E-state index contributed by atoms with van der Waals surface area (Å²) < 4.78 is 20.5. The molecule has 2 fully saturated rings. The summed E-state index contributed by atoms with van der Waals surface area (Å²) in [5, 5.41) is 60.4. The topological polar surface area (TPSA) is 175 Å². The maximum Gasteiger partial charge on any atom is 0.223 e. The molecule has 2 aromatic rings. The molecule has 1 aromatic carbocycles. The Labute approximate surface area is 229 Å². The maximum atomic E-state index is 10.9. The number of nitrogens with zero attached hydrogens (tertiary/aromatic N) is 4. The molecule has 2 aliphatic carbocycles. The van der Waals surface area contributed by atoms with Gasteiger partial charge in [-0.2, -0.15) is 10.1 Å². The van der Waals surface area contributed by atoms with Gasteiger partial charge >= 0.3 is 0 Å². The molecule has 8 rings (SSSR count).